The fraction of sp³-hybridized carbons (Fsp3) is 0.500. The van der Waals surface area contributed by atoms with E-state index in [4.69, 9.17) is 0 Å². The Kier molecular flexibility index (Phi) is 4.96. The zero-order valence-electron chi connectivity index (χ0n) is 13.2. The van der Waals surface area contributed by atoms with E-state index in [1.807, 2.05) is 17.5 Å². The lowest BCUT2D eigenvalue weighted by Crippen LogP contribution is -2.40. The zero-order valence-corrected chi connectivity index (χ0v) is 14.0. The molecule has 1 unspecified atom stereocenters. The monoisotopic (exact) mass is 355 g/mol. The van der Waals surface area contributed by atoms with E-state index in [1.165, 1.54) is 23.1 Å². The van der Waals surface area contributed by atoms with Crippen LogP contribution in [0.5, 0.6) is 0 Å². The highest BCUT2D eigenvalue weighted by molar-refractivity contribution is 7.10. The maximum absolute atomic E-state index is 12.7. The second-order valence-electron chi connectivity index (χ2n) is 5.97. The number of hydrogen-bond acceptors (Lipinski definition) is 4. The molecule has 0 spiro atoms. The van der Waals surface area contributed by atoms with E-state index in [1.54, 1.807) is 4.90 Å². The van der Waals surface area contributed by atoms with Gasteiger partial charge < -0.3 is 10.0 Å². The molecule has 2 aromatic rings. The molecule has 0 bridgehead atoms. The van der Waals surface area contributed by atoms with Crippen molar-refractivity contribution in [2.75, 3.05) is 13.1 Å². The third kappa shape index (κ3) is 3.34. The highest BCUT2D eigenvalue weighted by Gasteiger charge is 2.30. The van der Waals surface area contributed by atoms with Gasteiger partial charge in [-0.25, -0.2) is 8.78 Å². The van der Waals surface area contributed by atoms with Gasteiger partial charge in [-0.2, -0.15) is 5.10 Å². The van der Waals surface area contributed by atoms with E-state index >= 15 is 0 Å². The molecule has 1 N–H and O–H groups in total. The Bertz CT molecular complexity index is 694. The Labute approximate surface area is 142 Å². The molecular formula is C16H19F2N3O2S. The van der Waals surface area contributed by atoms with E-state index in [0.717, 1.165) is 10.9 Å². The second kappa shape index (κ2) is 6.98. The van der Waals surface area contributed by atoms with Gasteiger partial charge in [0.2, 0.25) is 0 Å². The first-order chi connectivity index (χ1) is 11.5. The fourth-order valence-corrected chi connectivity index (χ4v) is 3.87. The SMILES string of the molecule is Cn1nc(C(F)F)cc1C(=O)N1CCC(C(O)c2cccs2)CC1. The Hall–Kier alpha value is -1.80. The minimum absolute atomic E-state index is 0.107. The molecule has 24 heavy (non-hydrogen) atoms. The number of halogens is 2. The molecule has 1 atom stereocenters. The molecule has 0 saturated carbocycles. The largest absolute Gasteiger partial charge is 0.387 e. The summed E-state index contributed by atoms with van der Waals surface area (Å²) in [6.45, 7) is 1.00. The van der Waals surface area contributed by atoms with E-state index in [2.05, 4.69) is 5.10 Å². The Morgan fingerprint density at radius 3 is 2.67 bits per heavy atom. The number of rotatable bonds is 4. The Morgan fingerprint density at radius 1 is 1.42 bits per heavy atom. The van der Waals surface area contributed by atoms with Crippen LogP contribution in [-0.4, -0.2) is 38.8 Å². The number of aryl methyl sites for hydroxylation is 1. The Balaban J connectivity index is 1.63. The van der Waals surface area contributed by atoms with Gasteiger partial charge in [-0.3, -0.25) is 9.48 Å². The van der Waals surface area contributed by atoms with Crippen LogP contribution >= 0.6 is 11.3 Å². The van der Waals surface area contributed by atoms with Gasteiger partial charge in [0.25, 0.3) is 12.3 Å². The minimum Gasteiger partial charge on any atom is -0.387 e. The molecule has 3 rings (SSSR count). The summed E-state index contributed by atoms with van der Waals surface area (Å²) in [5, 5.41) is 16.0. The predicted octanol–water partition coefficient (Wildman–Crippen LogP) is 3.01. The van der Waals surface area contributed by atoms with Crippen molar-refractivity contribution in [1.82, 2.24) is 14.7 Å². The number of nitrogens with zero attached hydrogens (tertiary/aromatic N) is 3. The van der Waals surface area contributed by atoms with Crippen molar-refractivity contribution in [3.8, 4) is 0 Å². The highest BCUT2D eigenvalue weighted by atomic mass is 32.1. The van der Waals surface area contributed by atoms with Gasteiger partial charge in [-0.15, -0.1) is 11.3 Å². The van der Waals surface area contributed by atoms with Gasteiger partial charge in [-0.1, -0.05) is 6.07 Å². The van der Waals surface area contributed by atoms with E-state index < -0.39 is 12.5 Å². The lowest BCUT2D eigenvalue weighted by molar-refractivity contribution is 0.0467. The molecule has 5 nitrogen and oxygen atoms in total. The van der Waals surface area contributed by atoms with Crippen LogP contribution in [-0.2, 0) is 7.05 Å². The number of amides is 1. The van der Waals surface area contributed by atoms with Crippen molar-refractivity contribution in [2.45, 2.75) is 25.4 Å². The first-order valence-corrected chi connectivity index (χ1v) is 8.68. The van der Waals surface area contributed by atoms with Crippen LogP contribution in [0, 0.1) is 5.92 Å². The van der Waals surface area contributed by atoms with Crippen molar-refractivity contribution < 1.29 is 18.7 Å². The number of alkyl halides is 2. The molecule has 0 radical (unpaired) electrons. The fourth-order valence-electron chi connectivity index (χ4n) is 3.07. The van der Waals surface area contributed by atoms with E-state index in [-0.39, 0.29) is 23.2 Å². The van der Waals surface area contributed by atoms with Crippen molar-refractivity contribution in [2.24, 2.45) is 13.0 Å². The van der Waals surface area contributed by atoms with Gasteiger partial charge in [0, 0.05) is 25.0 Å². The summed E-state index contributed by atoms with van der Waals surface area (Å²) in [6, 6.07) is 4.97. The molecule has 1 fully saturated rings. The van der Waals surface area contributed by atoms with Gasteiger partial charge in [0.15, 0.2) is 0 Å². The molecule has 0 aliphatic carbocycles. The van der Waals surface area contributed by atoms with Crippen molar-refractivity contribution in [3.63, 3.8) is 0 Å². The maximum Gasteiger partial charge on any atom is 0.282 e. The van der Waals surface area contributed by atoms with Gasteiger partial charge in [0.1, 0.15) is 11.4 Å². The first-order valence-electron chi connectivity index (χ1n) is 7.80. The molecule has 130 valence electrons. The molecule has 1 amide bonds. The highest BCUT2D eigenvalue weighted by Crippen LogP contribution is 2.33. The molecule has 8 heteroatoms. The van der Waals surface area contributed by atoms with Crippen LogP contribution in [0.2, 0.25) is 0 Å². The van der Waals surface area contributed by atoms with Gasteiger partial charge in [0.05, 0.1) is 6.10 Å². The topological polar surface area (TPSA) is 58.4 Å². The summed E-state index contributed by atoms with van der Waals surface area (Å²) in [7, 11) is 1.49. The number of hydrogen-bond donors (Lipinski definition) is 1. The second-order valence-corrected chi connectivity index (χ2v) is 6.95. The molecule has 1 aliphatic heterocycles. The summed E-state index contributed by atoms with van der Waals surface area (Å²) < 4.78 is 26.6. The average molecular weight is 355 g/mol. The standard InChI is InChI=1S/C16H19F2N3O2S/c1-20-12(9-11(19-20)15(17)18)16(23)21-6-4-10(5-7-21)14(22)13-3-2-8-24-13/h2-3,8-10,14-15,22H,4-7H2,1H3. The quantitative estimate of drug-likeness (QED) is 0.917. The molecule has 3 heterocycles. The van der Waals surface area contributed by atoms with Crippen LogP contribution in [0.25, 0.3) is 0 Å². The first kappa shape index (κ1) is 17.0. The third-order valence-corrected chi connectivity index (χ3v) is 5.39. The number of carbonyl (C=O) groups is 1. The minimum atomic E-state index is -2.69. The van der Waals surface area contributed by atoms with E-state index in [9.17, 15) is 18.7 Å². The van der Waals surface area contributed by atoms with Crippen LogP contribution < -0.4 is 0 Å². The average Bonchev–Trinajstić information content (AvgIpc) is 3.23. The summed E-state index contributed by atoms with van der Waals surface area (Å²) >= 11 is 1.52. The molecule has 1 aliphatic rings. The van der Waals surface area contributed by atoms with Crippen LogP contribution in [0.3, 0.4) is 0 Å². The zero-order chi connectivity index (χ0) is 17.3. The lowest BCUT2D eigenvalue weighted by atomic mass is 9.90. The number of aliphatic hydroxyl groups is 1. The number of aromatic nitrogens is 2. The smallest absolute Gasteiger partial charge is 0.282 e. The van der Waals surface area contributed by atoms with E-state index in [0.29, 0.717) is 25.9 Å². The molecular weight excluding hydrogens is 336 g/mol. The Morgan fingerprint density at radius 2 is 2.12 bits per heavy atom. The van der Waals surface area contributed by atoms with Crippen LogP contribution in [0.15, 0.2) is 23.6 Å². The predicted molar refractivity (Wildman–Crippen MR) is 86.1 cm³/mol. The van der Waals surface area contributed by atoms with Crippen LogP contribution in [0.1, 0.15) is 46.4 Å². The number of piperidine rings is 1. The normalized spacial score (nSPS) is 17.5. The summed E-state index contributed by atoms with van der Waals surface area (Å²) in [4.78, 5) is 15.1. The third-order valence-electron chi connectivity index (χ3n) is 4.45. The van der Waals surface area contributed by atoms with Crippen molar-refractivity contribution >= 4 is 17.2 Å². The number of thiophene rings is 1. The van der Waals surface area contributed by atoms with Gasteiger partial charge >= 0.3 is 0 Å². The van der Waals surface area contributed by atoms with Crippen molar-refractivity contribution in [1.29, 1.82) is 0 Å². The summed E-state index contributed by atoms with van der Waals surface area (Å²) in [5.41, 5.74) is -0.216. The maximum atomic E-state index is 12.7. The van der Waals surface area contributed by atoms with Gasteiger partial charge in [-0.05, 0) is 36.3 Å². The summed E-state index contributed by atoms with van der Waals surface area (Å²) in [5.74, 6) is -0.183. The van der Waals surface area contributed by atoms with Crippen molar-refractivity contribution in [3.05, 3.63) is 39.8 Å². The molecule has 1 saturated heterocycles. The number of aliphatic hydroxyl groups excluding tert-OH is 1. The number of likely N-dealkylation sites (tertiary alicyclic amines) is 1. The van der Waals surface area contributed by atoms with Crippen LogP contribution in [0.4, 0.5) is 8.78 Å². The lowest BCUT2D eigenvalue weighted by Gasteiger charge is -2.34. The summed E-state index contributed by atoms with van der Waals surface area (Å²) in [6.07, 6.45) is -1.83. The molecule has 2 aromatic heterocycles. The number of carbonyl (C=O) groups excluding carboxylic acids is 1. The molecule has 0 aromatic carbocycles.